The molecule has 0 saturated heterocycles. The van der Waals surface area contributed by atoms with Gasteiger partial charge in [0.1, 0.15) is 4.90 Å². The van der Waals surface area contributed by atoms with Gasteiger partial charge in [-0.25, -0.2) is 12.7 Å². The second-order valence-corrected chi connectivity index (χ2v) is 7.44. The normalized spacial score (nSPS) is 16.2. The minimum atomic E-state index is -3.44. The van der Waals surface area contributed by atoms with Gasteiger partial charge in [0.15, 0.2) is 0 Å². The van der Waals surface area contributed by atoms with Gasteiger partial charge in [-0.05, 0) is 31.4 Å². The largest absolute Gasteiger partial charge is 0.366 e. The summed E-state index contributed by atoms with van der Waals surface area (Å²) < 4.78 is 26.2. The van der Waals surface area contributed by atoms with Crippen molar-refractivity contribution in [2.45, 2.75) is 30.2 Å². The van der Waals surface area contributed by atoms with Gasteiger partial charge >= 0.3 is 0 Å². The third kappa shape index (κ3) is 2.82. The van der Waals surface area contributed by atoms with Gasteiger partial charge < -0.3 is 10.6 Å². The molecule has 0 aliphatic heterocycles. The Morgan fingerprint density at radius 3 is 2.40 bits per heavy atom. The van der Waals surface area contributed by atoms with Crippen LogP contribution < -0.4 is 10.6 Å². The number of sulfonamides is 1. The van der Waals surface area contributed by atoms with Gasteiger partial charge in [0.2, 0.25) is 10.0 Å². The molecule has 6 heteroatoms. The van der Waals surface area contributed by atoms with Crippen LogP contribution in [0.4, 0.5) is 5.69 Å². The number of nitrogens with two attached hydrogens (primary N) is 1. The van der Waals surface area contributed by atoms with Crippen LogP contribution >= 0.6 is 0 Å². The first-order valence-corrected chi connectivity index (χ1v) is 8.40. The first kappa shape index (κ1) is 15.3. The Labute approximate surface area is 121 Å². The highest BCUT2D eigenvalue weighted by molar-refractivity contribution is 7.89. The van der Waals surface area contributed by atoms with E-state index in [4.69, 9.17) is 5.73 Å². The van der Waals surface area contributed by atoms with E-state index in [1.807, 2.05) is 12.1 Å². The Bertz CT molecular complexity index is 553. The lowest BCUT2D eigenvalue weighted by molar-refractivity contribution is 0.386. The molecule has 0 atom stereocenters. The van der Waals surface area contributed by atoms with E-state index in [9.17, 15) is 8.42 Å². The summed E-state index contributed by atoms with van der Waals surface area (Å²) >= 11 is 0. The predicted octanol–water partition coefficient (Wildman–Crippen LogP) is 1.25. The predicted molar refractivity (Wildman–Crippen MR) is 81.4 cm³/mol. The van der Waals surface area contributed by atoms with Crippen LogP contribution in [0.3, 0.4) is 0 Å². The van der Waals surface area contributed by atoms with Gasteiger partial charge in [0, 0.05) is 33.2 Å². The molecule has 1 fully saturated rings. The lowest BCUT2D eigenvalue weighted by atomic mass is 9.91. The Morgan fingerprint density at radius 2 is 1.90 bits per heavy atom. The van der Waals surface area contributed by atoms with Crippen molar-refractivity contribution in [1.29, 1.82) is 0 Å². The third-order valence-electron chi connectivity index (χ3n) is 3.82. The summed E-state index contributed by atoms with van der Waals surface area (Å²) in [6, 6.07) is 7.61. The summed E-state index contributed by atoms with van der Waals surface area (Å²) in [5.41, 5.74) is 6.48. The van der Waals surface area contributed by atoms with E-state index in [2.05, 4.69) is 4.90 Å². The maximum Gasteiger partial charge on any atom is 0.244 e. The number of benzene rings is 1. The van der Waals surface area contributed by atoms with E-state index in [1.54, 1.807) is 26.2 Å². The Morgan fingerprint density at radius 1 is 1.25 bits per heavy atom. The monoisotopic (exact) mass is 297 g/mol. The summed E-state index contributed by atoms with van der Waals surface area (Å²) in [6.45, 7) is 1.21. The maximum absolute atomic E-state index is 12.5. The molecule has 0 unspecified atom stereocenters. The fourth-order valence-electron chi connectivity index (χ4n) is 2.45. The minimum absolute atomic E-state index is 0.366. The molecule has 1 aliphatic rings. The van der Waals surface area contributed by atoms with Crippen molar-refractivity contribution < 1.29 is 8.42 Å². The van der Waals surface area contributed by atoms with E-state index < -0.39 is 10.0 Å². The van der Waals surface area contributed by atoms with E-state index >= 15 is 0 Å². The van der Waals surface area contributed by atoms with Crippen molar-refractivity contribution in [3.05, 3.63) is 24.3 Å². The number of hydrogen-bond donors (Lipinski definition) is 1. The van der Waals surface area contributed by atoms with Crippen LogP contribution in [0, 0.1) is 0 Å². The van der Waals surface area contributed by atoms with Crippen LogP contribution in [0.5, 0.6) is 0 Å². The molecule has 0 spiro atoms. The van der Waals surface area contributed by atoms with Gasteiger partial charge in [0.05, 0.1) is 5.69 Å². The summed E-state index contributed by atoms with van der Waals surface area (Å²) in [5.74, 6) is 0. The summed E-state index contributed by atoms with van der Waals surface area (Å²) in [5, 5.41) is 0. The molecule has 20 heavy (non-hydrogen) atoms. The van der Waals surface area contributed by atoms with Gasteiger partial charge in [-0.3, -0.25) is 0 Å². The zero-order chi connectivity index (χ0) is 14.8. The van der Waals surface area contributed by atoms with Crippen LogP contribution in [0.2, 0.25) is 0 Å². The maximum atomic E-state index is 12.5. The molecule has 1 saturated carbocycles. The number of hydrogen-bond acceptors (Lipinski definition) is 4. The van der Waals surface area contributed by atoms with Crippen LogP contribution in [-0.4, -0.2) is 45.9 Å². The standard InChI is InChI=1S/C14H23N3O2S/c1-16(2)20(18,19)14-9-4-3-8-13(14)17(11-10-15)12-6-5-7-12/h3-4,8-9,12H,5-7,10-11,15H2,1-2H3. The molecule has 0 aromatic heterocycles. The molecule has 5 nitrogen and oxygen atoms in total. The first-order chi connectivity index (χ1) is 9.48. The van der Waals surface area contributed by atoms with Crippen LogP contribution in [0.25, 0.3) is 0 Å². The zero-order valence-electron chi connectivity index (χ0n) is 12.1. The Hall–Kier alpha value is -1.11. The molecule has 2 rings (SSSR count). The van der Waals surface area contributed by atoms with Crippen LogP contribution in [0.1, 0.15) is 19.3 Å². The molecular formula is C14H23N3O2S. The van der Waals surface area contributed by atoms with Crippen LogP contribution in [0.15, 0.2) is 29.2 Å². The van der Waals surface area contributed by atoms with Crippen molar-refractivity contribution in [1.82, 2.24) is 4.31 Å². The number of para-hydroxylation sites is 1. The van der Waals surface area contributed by atoms with Gasteiger partial charge in [-0.15, -0.1) is 0 Å². The summed E-state index contributed by atoms with van der Waals surface area (Å²) in [4.78, 5) is 2.52. The van der Waals surface area contributed by atoms with Crippen molar-refractivity contribution in [2.24, 2.45) is 5.73 Å². The Balaban J connectivity index is 2.45. The molecule has 1 aliphatic carbocycles. The second-order valence-electron chi connectivity index (χ2n) is 5.32. The molecule has 0 amide bonds. The fraction of sp³-hybridized carbons (Fsp3) is 0.571. The average molecular weight is 297 g/mol. The minimum Gasteiger partial charge on any atom is -0.366 e. The molecule has 0 radical (unpaired) electrons. The topological polar surface area (TPSA) is 66.6 Å². The van der Waals surface area contributed by atoms with Gasteiger partial charge in [0.25, 0.3) is 0 Å². The first-order valence-electron chi connectivity index (χ1n) is 6.96. The molecule has 1 aromatic carbocycles. The SMILES string of the molecule is CN(C)S(=O)(=O)c1ccccc1N(CCN)C1CCC1. The summed E-state index contributed by atoms with van der Waals surface area (Å²) in [6.07, 6.45) is 3.42. The highest BCUT2D eigenvalue weighted by Gasteiger charge is 2.29. The molecule has 0 heterocycles. The zero-order valence-corrected chi connectivity index (χ0v) is 12.9. The van der Waals surface area contributed by atoms with Crippen molar-refractivity contribution >= 4 is 15.7 Å². The Kier molecular flexibility index (Phi) is 4.67. The lowest BCUT2D eigenvalue weighted by Gasteiger charge is -2.40. The number of rotatable bonds is 6. The van der Waals surface area contributed by atoms with E-state index in [0.29, 0.717) is 24.0 Å². The highest BCUT2D eigenvalue weighted by Crippen LogP contribution is 2.33. The molecule has 0 bridgehead atoms. The van der Waals surface area contributed by atoms with E-state index in [-0.39, 0.29) is 0 Å². The molecule has 1 aromatic rings. The van der Waals surface area contributed by atoms with Gasteiger partial charge in [-0.1, -0.05) is 12.1 Å². The fourth-order valence-corrected chi connectivity index (χ4v) is 3.54. The quantitative estimate of drug-likeness (QED) is 0.858. The smallest absolute Gasteiger partial charge is 0.244 e. The van der Waals surface area contributed by atoms with E-state index in [1.165, 1.54) is 10.7 Å². The number of anilines is 1. The second kappa shape index (κ2) is 6.11. The lowest BCUT2D eigenvalue weighted by Crippen LogP contribution is -2.44. The molecular weight excluding hydrogens is 274 g/mol. The van der Waals surface area contributed by atoms with E-state index in [0.717, 1.165) is 18.5 Å². The van der Waals surface area contributed by atoms with Crippen LogP contribution in [-0.2, 0) is 10.0 Å². The van der Waals surface area contributed by atoms with Crippen molar-refractivity contribution in [3.8, 4) is 0 Å². The van der Waals surface area contributed by atoms with Gasteiger partial charge in [-0.2, -0.15) is 0 Å². The van der Waals surface area contributed by atoms with Crippen molar-refractivity contribution in [3.63, 3.8) is 0 Å². The third-order valence-corrected chi connectivity index (χ3v) is 5.68. The summed E-state index contributed by atoms with van der Waals surface area (Å²) in [7, 11) is -0.321. The highest BCUT2D eigenvalue weighted by atomic mass is 32.2. The average Bonchev–Trinajstić information content (AvgIpc) is 2.36. The van der Waals surface area contributed by atoms with Crippen molar-refractivity contribution in [2.75, 3.05) is 32.1 Å². The number of nitrogens with zero attached hydrogens (tertiary/aromatic N) is 2. The molecule has 2 N–H and O–H groups in total. The molecule has 112 valence electrons.